The van der Waals surface area contributed by atoms with Crippen molar-refractivity contribution in [3.8, 4) is 5.75 Å². The zero-order valence-electron chi connectivity index (χ0n) is 10.7. The highest BCUT2D eigenvalue weighted by Crippen LogP contribution is 2.23. The molecule has 20 heavy (non-hydrogen) atoms. The molecule has 1 N–H and O–H groups in total. The lowest BCUT2D eigenvalue weighted by molar-refractivity contribution is -0.385. The molecule has 1 heterocycles. The maximum atomic E-state index is 13.6. The predicted octanol–water partition coefficient (Wildman–Crippen LogP) is 2.75. The lowest BCUT2D eigenvalue weighted by Crippen LogP contribution is -2.01. The molecule has 0 aliphatic rings. The van der Waals surface area contributed by atoms with Gasteiger partial charge in [0.2, 0.25) is 0 Å². The van der Waals surface area contributed by atoms with Crippen LogP contribution in [0.15, 0.2) is 36.5 Å². The van der Waals surface area contributed by atoms with E-state index >= 15 is 0 Å². The summed E-state index contributed by atoms with van der Waals surface area (Å²) in [7, 11) is 1.77. The molecule has 0 aliphatic heterocycles. The van der Waals surface area contributed by atoms with E-state index < -0.39 is 10.7 Å². The standard InChI is InChI=1S/C13H12FN3O3/c1-15-9-4-5-16-10(6-9)8-20-13-3-2-11(17(18)19)7-12(13)14/h2-7H,8H2,1H3,(H,15,16). The number of hydrogen-bond donors (Lipinski definition) is 1. The van der Waals surface area contributed by atoms with Gasteiger partial charge < -0.3 is 10.1 Å². The maximum Gasteiger partial charge on any atom is 0.272 e. The summed E-state index contributed by atoms with van der Waals surface area (Å²) in [4.78, 5) is 13.9. The van der Waals surface area contributed by atoms with Crippen molar-refractivity contribution in [2.24, 2.45) is 0 Å². The number of pyridine rings is 1. The summed E-state index contributed by atoms with van der Waals surface area (Å²) >= 11 is 0. The number of nitrogens with one attached hydrogen (secondary N) is 1. The fourth-order valence-corrected chi connectivity index (χ4v) is 1.58. The summed E-state index contributed by atoms with van der Waals surface area (Å²) in [6.45, 7) is 0.0737. The second kappa shape index (κ2) is 5.96. The molecule has 0 fully saturated rings. The molecule has 0 unspecified atom stereocenters. The minimum Gasteiger partial charge on any atom is -0.484 e. The third-order valence-electron chi connectivity index (χ3n) is 2.61. The van der Waals surface area contributed by atoms with Crippen LogP contribution < -0.4 is 10.1 Å². The second-order valence-electron chi connectivity index (χ2n) is 3.95. The number of ether oxygens (including phenoxy) is 1. The van der Waals surface area contributed by atoms with Crippen molar-refractivity contribution in [1.29, 1.82) is 0 Å². The molecule has 2 rings (SSSR count). The van der Waals surface area contributed by atoms with Gasteiger partial charge in [-0.3, -0.25) is 15.1 Å². The summed E-state index contributed by atoms with van der Waals surface area (Å²) < 4.78 is 18.9. The van der Waals surface area contributed by atoms with Gasteiger partial charge in [-0.15, -0.1) is 0 Å². The summed E-state index contributed by atoms with van der Waals surface area (Å²) in [5.41, 5.74) is 1.17. The highest BCUT2D eigenvalue weighted by Gasteiger charge is 2.11. The number of nitro benzene ring substituents is 1. The van der Waals surface area contributed by atoms with E-state index in [1.165, 1.54) is 12.1 Å². The Balaban J connectivity index is 2.08. The van der Waals surface area contributed by atoms with E-state index in [1.807, 2.05) is 0 Å². The molecule has 104 valence electrons. The van der Waals surface area contributed by atoms with Gasteiger partial charge in [0.15, 0.2) is 11.6 Å². The van der Waals surface area contributed by atoms with Crippen LogP contribution in [0.25, 0.3) is 0 Å². The number of nitrogens with zero attached hydrogens (tertiary/aromatic N) is 2. The van der Waals surface area contributed by atoms with Crippen LogP contribution in [0.5, 0.6) is 5.75 Å². The molecule has 2 aromatic rings. The van der Waals surface area contributed by atoms with Crippen LogP contribution in [0, 0.1) is 15.9 Å². The minimum atomic E-state index is -0.774. The van der Waals surface area contributed by atoms with Crippen LogP contribution in [-0.2, 0) is 6.61 Å². The van der Waals surface area contributed by atoms with E-state index in [9.17, 15) is 14.5 Å². The molecule has 0 aliphatic carbocycles. The van der Waals surface area contributed by atoms with Crippen molar-refractivity contribution in [1.82, 2.24) is 4.98 Å². The van der Waals surface area contributed by atoms with Crippen LogP contribution in [0.3, 0.4) is 0 Å². The molecule has 0 amide bonds. The van der Waals surface area contributed by atoms with Gasteiger partial charge in [-0.1, -0.05) is 0 Å². The molecular weight excluding hydrogens is 265 g/mol. The Morgan fingerprint density at radius 3 is 2.85 bits per heavy atom. The lowest BCUT2D eigenvalue weighted by atomic mass is 10.3. The second-order valence-corrected chi connectivity index (χ2v) is 3.95. The zero-order valence-corrected chi connectivity index (χ0v) is 10.7. The summed E-state index contributed by atoms with van der Waals surface area (Å²) in [6, 6.07) is 6.80. The minimum absolute atomic E-state index is 0.0488. The van der Waals surface area contributed by atoms with Gasteiger partial charge in [-0.05, 0) is 18.2 Å². The molecule has 0 saturated heterocycles. The molecule has 1 aromatic carbocycles. The Bertz CT molecular complexity index is 634. The van der Waals surface area contributed by atoms with E-state index in [2.05, 4.69) is 10.3 Å². The van der Waals surface area contributed by atoms with Gasteiger partial charge in [-0.25, -0.2) is 4.39 Å². The Kier molecular flexibility index (Phi) is 4.09. The van der Waals surface area contributed by atoms with E-state index in [4.69, 9.17) is 4.74 Å². The predicted molar refractivity (Wildman–Crippen MR) is 71.2 cm³/mol. The van der Waals surface area contributed by atoms with Crippen molar-refractivity contribution in [3.05, 3.63) is 58.2 Å². The first-order chi connectivity index (χ1) is 9.60. The summed E-state index contributed by atoms with van der Waals surface area (Å²) in [5.74, 6) is -0.823. The fourth-order valence-electron chi connectivity index (χ4n) is 1.58. The number of rotatable bonds is 5. The van der Waals surface area contributed by atoms with Gasteiger partial charge in [0.25, 0.3) is 5.69 Å². The molecule has 0 spiro atoms. The smallest absolute Gasteiger partial charge is 0.272 e. The molecule has 7 heteroatoms. The first-order valence-corrected chi connectivity index (χ1v) is 5.79. The van der Waals surface area contributed by atoms with Crippen LogP contribution in [-0.4, -0.2) is 17.0 Å². The summed E-state index contributed by atoms with van der Waals surface area (Å²) in [5, 5.41) is 13.4. The lowest BCUT2D eigenvalue weighted by Gasteiger charge is -2.07. The Hall–Kier alpha value is -2.70. The topological polar surface area (TPSA) is 77.3 Å². The van der Waals surface area contributed by atoms with Crippen molar-refractivity contribution >= 4 is 11.4 Å². The molecule has 1 aromatic heterocycles. The fraction of sp³-hybridized carbons (Fsp3) is 0.154. The first-order valence-electron chi connectivity index (χ1n) is 5.79. The Morgan fingerprint density at radius 1 is 1.40 bits per heavy atom. The van der Waals surface area contributed by atoms with Crippen LogP contribution >= 0.6 is 0 Å². The van der Waals surface area contributed by atoms with Gasteiger partial charge in [0.1, 0.15) is 6.61 Å². The quantitative estimate of drug-likeness (QED) is 0.671. The van der Waals surface area contributed by atoms with Gasteiger partial charge in [0, 0.05) is 25.0 Å². The van der Waals surface area contributed by atoms with Crippen molar-refractivity contribution < 1.29 is 14.1 Å². The van der Waals surface area contributed by atoms with E-state index in [-0.39, 0.29) is 18.0 Å². The van der Waals surface area contributed by atoms with Crippen molar-refractivity contribution in [3.63, 3.8) is 0 Å². The SMILES string of the molecule is CNc1ccnc(COc2ccc([N+](=O)[O-])cc2F)c1. The molecule has 6 nitrogen and oxygen atoms in total. The van der Waals surface area contributed by atoms with Gasteiger partial charge in [0.05, 0.1) is 16.7 Å². The normalized spacial score (nSPS) is 10.1. The third kappa shape index (κ3) is 3.19. The van der Waals surface area contributed by atoms with E-state index in [0.717, 1.165) is 11.8 Å². The first kappa shape index (κ1) is 13.7. The average molecular weight is 277 g/mol. The Labute approximate surface area is 114 Å². The van der Waals surface area contributed by atoms with Gasteiger partial charge in [-0.2, -0.15) is 0 Å². The van der Waals surface area contributed by atoms with Crippen LogP contribution in [0.2, 0.25) is 0 Å². The number of anilines is 1. The average Bonchev–Trinajstić information content (AvgIpc) is 2.46. The third-order valence-corrected chi connectivity index (χ3v) is 2.61. The molecule has 0 atom stereocenters. The van der Waals surface area contributed by atoms with Crippen LogP contribution in [0.1, 0.15) is 5.69 Å². The number of nitro groups is 1. The number of hydrogen-bond acceptors (Lipinski definition) is 5. The van der Waals surface area contributed by atoms with E-state index in [0.29, 0.717) is 5.69 Å². The zero-order chi connectivity index (χ0) is 14.5. The maximum absolute atomic E-state index is 13.6. The summed E-state index contributed by atoms with van der Waals surface area (Å²) in [6.07, 6.45) is 1.61. The number of aromatic nitrogens is 1. The monoisotopic (exact) mass is 277 g/mol. The number of benzene rings is 1. The highest BCUT2D eigenvalue weighted by molar-refractivity contribution is 5.42. The van der Waals surface area contributed by atoms with Crippen molar-refractivity contribution in [2.45, 2.75) is 6.61 Å². The van der Waals surface area contributed by atoms with Gasteiger partial charge >= 0.3 is 0 Å². The molecular formula is C13H12FN3O3. The Morgan fingerprint density at radius 2 is 2.20 bits per heavy atom. The highest BCUT2D eigenvalue weighted by atomic mass is 19.1. The number of non-ortho nitro benzene ring substituents is 1. The van der Waals surface area contributed by atoms with Crippen LogP contribution in [0.4, 0.5) is 15.8 Å². The van der Waals surface area contributed by atoms with Crippen molar-refractivity contribution in [2.75, 3.05) is 12.4 Å². The molecule has 0 bridgehead atoms. The molecule has 0 radical (unpaired) electrons. The van der Waals surface area contributed by atoms with E-state index in [1.54, 1.807) is 25.4 Å². The number of halogens is 1. The largest absolute Gasteiger partial charge is 0.484 e. The molecule has 0 saturated carbocycles.